The van der Waals surface area contributed by atoms with Crippen LogP contribution in [0.5, 0.6) is 0 Å². The molecule has 0 saturated carbocycles. The fourth-order valence-corrected chi connectivity index (χ4v) is 2.22. The van der Waals surface area contributed by atoms with Crippen LogP contribution in [0.2, 0.25) is 0 Å². The van der Waals surface area contributed by atoms with Crippen LogP contribution in [0.1, 0.15) is 40.0 Å². The summed E-state index contributed by atoms with van der Waals surface area (Å²) in [6.07, 6.45) is 3.65. The lowest BCUT2D eigenvalue weighted by atomic mass is 10.1. The summed E-state index contributed by atoms with van der Waals surface area (Å²) < 4.78 is 5.71. The van der Waals surface area contributed by atoms with Gasteiger partial charge in [0.1, 0.15) is 0 Å². The van der Waals surface area contributed by atoms with Gasteiger partial charge in [-0.2, -0.15) is 0 Å². The van der Waals surface area contributed by atoms with E-state index in [1.54, 1.807) is 0 Å². The average Bonchev–Trinajstić information content (AvgIpc) is 2.26. The van der Waals surface area contributed by atoms with Crippen molar-refractivity contribution in [3.05, 3.63) is 0 Å². The number of aliphatic hydroxyl groups is 1. The Labute approximate surface area is 112 Å². The van der Waals surface area contributed by atoms with Gasteiger partial charge >= 0.3 is 0 Å². The summed E-state index contributed by atoms with van der Waals surface area (Å²) in [5.74, 6) is 0. The molecule has 108 valence electrons. The number of aliphatic hydroxyl groups excluding tert-OH is 1. The van der Waals surface area contributed by atoms with E-state index in [2.05, 4.69) is 38.0 Å². The van der Waals surface area contributed by atoms with Crippen LogP contribution in [0.25, 0.3) is 0 Å². The van der Waals surface area contributed by atoms with Gasteiger partial charge in [0.2, 0.25) is 0 Å². The van der Waals surface area contributed by atoms with Crippen molar-refractivity contribution in [2.24, 2.45) is 0 Å². The van der Waals surface area contributed by atoms with Gasteiger partial charge in [-0.15, -0.1) is 0 Å². The van der Waals surface area contributed by atoms with Crippen molar-refractivity contribution in [2.75, 3.05) is 33.3 Å². The smallest absolute Gasteiger partial charge is 0.0791 e. The molecule has 0 bridgehead atoms. The number of hydrogen-bond donors (Lipinski definition) is 2. The van der Waals surface area contributed by atoms with Gasteiger partial charge in [0.25, 0.3) is 0 Å². The second kappa shape index (κ2) is 7.43. The highest BCUT2D eigenvalue weighted by molar-refractivity contribution is 4.75. The van der Waals surface area contributed by atoms with Gasteiger partial charge in [-0.3, -0.25) is 0 Å². The molecule has 0 spiro atoms. The van der Waals surface area contributed by atoms with Crippen molar-refractivity contribution >= 4 is 0 Å². The van der Waals surface area contributed by atoms with E-state index < -0.39 is 0 Å². The number of rotatable bonds is 6. The minimum atomic E-state index is -0.321. The predicted molar refractivity (Wildman–Crippen MR) is 74.9 cm³/mol. The first-order valence-electron chi connectivity index (χ1n) is 7.10. The second-order valence-corrected chi connectivity index (χ2v) is 6.49. The number of nitrogens with zero attached hydrogens (tertiary/aromatic N) is 1. The van der Waals surface area contributed by atoms with Gasteiger partial charge < -0.3 is 20.1 Å². The van der Waals surface area contributed by atoms with Crippen molar-refractivity contribution in [1.82, 2.24) is 10.2 Å². The lowest BCUT2D eigenvalue weighted by Gasteiger charge is -2.29. The van der Waals surface area contributed by atoms with Crippen LogP contribution in [0.3, 0.4) is 0 Å². The first-order chi connectivity index (χ1) is 8.37. The van der Waals surface area contributed by atoms with E-state index in [0.717, 1.165) is 19.6 Å². The first kappa shape index (κ1) is 15.9. The lowest BCUT2D eigenvalue weighted by molar-refractivity contribution is -0.00798. The number of β-amino-alcohol motifs (C(OH)–C–C–N with tert-alkyl or cyclic N) is 1. The van der Waals surface area contributed by atoms with Gasteiger partial charge in [0, 0.05) is 31.8 Å². The monoisotopic (exact) mass is 258 g/mol. The molecular formula is C14H30N2O2. The van der Waals surface area contributed by atoms with Crippen LogP contribution in [0.15, 0.2) is 0 Å². The molecule has 18 heavy (non-hydrogen) atoms. The molecule has 2 unspecified atom stereocenters. The SMILES string of the molecule is CN(CC(O)CNC(C)(C)C)CC1CCCCO1. The Morgan fingerprint density at radius 1 is 1.39 bits per heavy atom. The maximum atomic E-state index is 9.97. The zero-order chi connectivity index (χ0) is 13.6. The van der Waals surface area contributed by atoms with Crippen LogP contribution < -0.4 is 5.32 Å². The van der Waals surface area contributed by atoms with Crippen LogP contribution in [-0.2, 0) is 4.74 Å². The Balaban J connectivity index is 2.16. The molecule has 0 amide bonds. The highest BCUT2D eigenvalue weighted by Gasteiger charge is 2.18. The maximum absolute atomic E-state index is 9.97. The number of hydrogen-bond acceptors (Lipinski definition) is 4. The zero-order valence-electron chi connectivity index (χ0n) is 12.4. The lowest BCUT2D eigenvalue weighted by Crippen LogP contribution is -2.45. The Hall–Kier alpha value is -0.160. The summed E-state index contributed by atoms with van der Waals surface area (Å²) in [5, 5.41) is 13.3. The maximum Gasteiger partial charge on any atom is 0.0791 e. The van der Waals surface area contributed by atoms with Crippen molar-refractivity contribution in [3.63, 3.8) is 0 Å². The van der Waals surface area contributed by atoms with E-state index in [-0.39, 0.29) is 11.6 Å². The van der Waals surface area contributed by atoms with Crippen LogP contribution in [0, 0.1) is 0 Å². The molecule has 0 aromatic heterocycles. The molecule has 1 fully saturated rings. The Bertz CT molecular complexity index is 222. The average molecular weight is 258 g/mol. The highest BCUT2D eigenvalue weighted by Crippen LogP contribution is 2.13. The largest absolute Gasteiger partial charge is 0.390 e. The zero-order valence-corrected chi connectivity index (χ0v) is 12.4. The van der Waals surface area contributed by atoms with E-state index in [1.807, 2.05) is 0 Å². The third-order valence-electron chi connectivity index (χ3n) is 3.18. The predicted octanol–water partition coefficient (Wildman–Crippen LogP) is 1.24. The molecule has 0 radical (unpaired) electrons. The third-order valence-corrected chi connectivity index (χ3v) is 3.18. The van der Waals surface area contributed by atoms with Gasteiger partial charge in [-0.1, -0.05) is 0 Å². The molecule has 0 aromatic carbocycles. The quantitative estimate of drug-likeness (QED) is 0.752. The van der Waals surface area contributed by atoms with Crippen molar-refractivity contribution < 1.29 is 9.84 Å². The first-order valence-corrected chi connectivity index (χ1v) is 7.10. The van der Waals surface area contributed by atoms with E-state index >= 15 is 0 Å². The molecule has 1 aliphatic rings. The number of likely N-dealkylation sites (N-methyl/N-ethyl adjacent to an activating group) is 1. The molecule has 1 heterocycles. The topological polar surface area (TPSA) is 44.7 Å². The van der Waals surface area contributed by atoms with Crippen molar-refractivity contribution in [2.45, 2.75) is 57.8 Å². The summed E-state index contributed by atoms with van der Waals surface area (Å²) in [6.45, 7) is 9.49. The molecule has 2 N–H and O–H groups in total. The van der Waals surface area contributed by atoms with E-state index in [9.17, 15) is 5.11 Å². The normalized spacial score (nSPS) is 23.3. The summed E-state index contributed by atoms with van der Waals surface area (Å²) in [5.41, 5.74) is 0.0615. The minimum absolute atomic E-state index is 0.0615. The van der Waals surface area contributed by atoms with E-state index in [0.29, 0.717) is 19.2 Å². The second-order valence-electron chi connectivity index (χ2n) is 6.49. The molecule has 1 saturated heterocycles. The highest BCUT2D eigenvalue weighted by atomic mass is 16.5. The Morgan fingerprint density at radius 3 is 2.67 bits per heavy atom. The van der Waals surface area contributed by atoms with Gasteiger partial charge in [0.15, 0.2) is 0 Å². The van der Waals surface area contributed by atoms with Gasteiger partial charge in [-0.05, 0) is 47.1 Å². The summed E-state index contributed by atoms with van der Waals surface area (Å²) >= 11 is 0. The molecule has 0 aromatic rings. The number of nitrogens with one attached hydrogen (secondary N) is 1. The van der Waals surface area contributed by atoms with Gasteiger partial charge in [0.05, 0.1) is 12.2 Å². The van der Waals surface area contributed by atoms with E-state index in [1.165, 1.54) is 12.8 Å². The van der Waals surface area contributed by atoms with Gasteiger partial charge in [-0.25, -0.2) is 0 Å². The molecule has 4 nitrogen and oxygen atoms in total. The minimum Gasteiger partial charge on any atom is -0.390 e. The van der Waals surface area contributed by atoms with Crippen LogP contribution >= 0.6 is 0 Å². The van der Waals surface area contributed by atoms with Crippen molar-refractivity contribution in [3.8, 4) is 0 Å². The fraction of sp³-hybridized carbons (Fsp3) is 1.00. The van der Waals surface area contributed by atoms with Crippen LogP contribution in [-0.4, -0.2) is 61.0 Å². The molecular weight excluding hydrogens is 228 g/mol. The fourth-order valence-electron chi connectivity index (χ4n) is 2.22. The van der Waals surface area contributed by atoms with Crippen LogP contribution in [0.4, 0.5) is 0 Å². The van der Waals surface area contributed by atoms with Crippen molar-refractivity contribution in [1.29, 1.82) is 0 Å². The molecule has 2 atom stereocenters. The molecule has 1 aliphatic heterocycles. The Kier molecular flexibility index (Phi) is 6.57. The molecule has 0 aliphatic carbocycles. The standard InChI is InChI=1S/C14H30N2O2/c1-14(2,3)15-9-12(17)10-16(4)11-13-7-5-6-8-18-13/h12-13,15,17H,5-11H2,1-4H3. The molecule has 1 rings (SSSR count). The summed E-state index contributed by atoms with van der Waals surface area (Å²) in [7, 11) is 2.05. The summed E-state index contributed by atoms with van der Waals surface area (Å²) in [6, 6.07) is 0. The molecule has 4 heteroatoms. The van der Waals surface area contributed by atoms with E-state index in [4.69, 9.17) is 4.74 Å². The third kappa shape index (κ3) is 7.31. The Morgan fingerprint density at radius 2 is 2.11 bits per heavy atom. The summed E-state index contributed by atoms with van der Waals surface area (Å²) in [4.78, 5) is 2.17. The number of ether oxygens (including phenoxy) is 1.